The molecule has 1 N–H and O–H groups in total. The molecule has 1 aromatic carbocycles. The number of para-hydroxylation sites is 1. The molecule has 7 nitrogen and oxygen atoms in total. The summed E-state index contributed by atoms with van der Waals surface area (Å²) in [5, 5.41) is 2.83. The quantitative estimate of drug-likeness (QED) is 0.775. The summed E-state index contributed by atoms with van der Waals surface area (Å²) in [6, 6.07) is 13.3. The third-order valence-electron chi connectivity index (χ3n) is 6.15. The maximum absolute atomic E-state index is 12.9. The fourth-order valence-electron chi connectivity index (χ4n) is 4.78. The van der Waals surface area contributed by atoms with Crippen molar-refractivity contribution < 1.29 is 9.59 Å². The summed E-state index contributed by atoms with van der Waals surface area (Å²) in [4.78, 5) is 41.8. The van der Waals surface area contributed by atoms with Crippen LogP contribution in [0.15, 0.2) is 47.3 Å². The Morgan fingerprint density at radius 3 is 2.55 bits per heavy atom. The molecular weight excluding hydrogens is 392 g/mol. The van der Waals surface area contributed by atoms with Gasteiger partial charge in [0.2, 0.25) is 11.8 Å². The lowest BCUT2D eigenvalue weighted by Crippen LogP contribution is -2.49. The molecule has 2 aliphatic rings. The van der Waals surface area contributed by atoms with Crippen molar-refractivity contribution in [3.05, 3.63) is 64.1 Å². The fraction of sp³-hybridized carbons (Fsp3) is 0.458. The standard InChI is InChI=1S/C24H30N4O3/c1-26(2)15-18-8-9-21-19-12-17(14-28(21)24(18)31)13-27(16-19)23(30)11-10-22(29)25-20-6-4-3-5-7-20/h3-9,17,19H,10-16H2,1-2H3,(H,25,29)/t17-,19+/m0/s1. The predicted molar refractivity (Wildman–Crippen MR) is 120 cm³/mol. The van der Waals surface area contributed by atoms with Gasteiger partial charge in [-0.15, -0.1) is 0 Å². The molecule has 2 atom stereocenters. The van der Waals surface area contributed by atoms with Crippen molar-refractivity contribution in [2.24, 2.45) is 5.92 Å². The molecule has 3 heterocycles. The van der Waals surface area contributed by atoms with Gasteiger partial charge >= 0.3 is 0 Å². The number of benzene rings is 1. The van der Waals surface area contributed by atoms with E-state index in [1.807, 2.05) is 64.9 Å². The number of hydrogen-bond acceptors (Lipinski definition) is 4. The molecule has 164 valence electrons. The van der Waals surface area contributed by atoms with Crippen LogP contribution in [0.25, 0.3) is 0 Å². The molecule has 0 aliphatic carbocycles. The van der Waals surface area contributed by atoms with Gasteiger partial charge in [-0.2, -0.15) is 0 Å². The van der Waals surface area contributed by atoms with Crippen LogP contribution in [0, 0.1) is 5.92 Å². The number of fused-ring (bicyclic) bond motifs is 4. The monoisotopic (exact) mass is 422 g/mol. The van der Waals surface area contributed by atoms with Gasteiger partial charge in [0.1, 0.15) is 0 Å². The Labute approximate surface area is 182 Å². The van der Waals surface area contributed by atoms with Crippen LogP contribution in [0.3, 0.4) is 0 Å². The Morgan fingerprint density at radius 2 is 1.81 bits per heavy atom. The number of carbonyl (C=O) groups excluding carboxylic acids is 2. The number of aromatic nitrogens is 1. The van der Waals surface area contributed by atoms with Crippen LogP contribution in [0.2, 0.25) is 0 Å². The Bertz CT molecular complexity index is 1020. The number of rotatable bonds is 6. The van der Waals surface area contributed by atoms with Gasteiger partial charge in [0.05, 0.1) is 0 Å². The minimum Gasteiger partial charge on any atom is -0.342 e. The zero-order valence-electron chi connectivity index (χ0n) is 18.2. The highest BCUT2D eigenvalue weighted by Crippen LogP contribution is 2.35. The zero-order chi connectivity index (χ0) is 22.0. The van der Waals surface area contributed by atoms with Crippen LogP contribution >= 0.6 is 0 Å². The van der Waals surface area contributed by atoms with Crippen molar-refractivity contribution in [1.29, 1.82) is 0 Å². The number of carbonyl (C=O) groups is 2. The molecule has 2 aliphatic heterocycles. The molecule has 2 aromatic rings. The van der Waals surface area contributed by atoms with E-state index < -0.39 is 0 Å². The summed E-state index contributed by atoms with van der Waals surface area (Å²) < 4.78 is 1.92. The van der Waals surface area contributed by atoms with Gasteiger partial charge in [-0.1, -0.05) is 24.3 Å². The van der Waals surface area contributed by atoms with Gasteiger partial charge in [-0.3, -0.25) is 14.4 Å². The van der Waals surface area contributed by atoms with Crippen LogP contribution in [0.4, 0.5) is 5.69 Å². The summed E-state index contributed by atoms with van der Waals surface area (Å²) in [5.74, 6) is 0.316. The summed E-state index contributed by atoms with van der Waals surface area (Å²) in [6.07, 6.45) is 1.38. The molecule has 0 saturated carbocycles. The number of amides is 2. The summed E-state index contributed by atoms with van der Waals surface area (Å²) in [6.45, 7) is 2.55. The SMILES string of the molecule is CN(C)Cc1ccc2n(c1=O)C[C@H]1C[C@@H]2CN(C(=O)CCC(=O)Nc2ccccc2)C1. The molecule has 4 rings (SSSR count). The third kappa shape index (κ3) is 4.88. The normalized spacial score (nSPS) is 19.8. The highest BCUT2D eigenvalue weighted by molar-refractivity contribution is 5.93. The summed E-state index contributed by atoms with van der Waals surface area (Å²) in [7, 11) is 3.92. The van der Waals surface area contributed by atoms with Gasteiger partial charge in [0, 0.05) is 61.9 Å². The summed E-state index contributed by atoms with van der Waals surface area (Å²) >= 11 is 0. The van der Waals surface area contributed by atoms with E-state index in [0.29, 0.717) is 26.2 Å². The smallest absolute Gasteiger partial charge is 0.255 e. The molecule has 0 spiro atoms. The van der Waals surface area contributed by atoms with E-state index in [4.69, 9.17) is 0 Å². The van der Waals surface area contributed by atoms with Gasteiger partial charge in [0.25, 0.3) is 5.56 Å². The number of hydrogen-bond donors (Lipinski definition) is 1. The van der Waals surface area contributed by atoms with Crippen molar-refractivity contribution in [3.63, 3.8) is 0 Å². The van der Waals surface area contributed by atoms with E-state index in [9.17, 15) is 14.4 Å². The van der Waals surface area contributed by atoms with Crippen LogP contribution in [0.5, 0.6) is 0 Å². The van der Waals surface area contributed by atoms with E-state index >= 15 is 0 Å². The molecule has 1 aromatic heterocycles. The number of nitrogens with one attached hydrogen (secondary N) is 1. The Balaban J connectivity index is 1.38. The third-order valence-corrected chi connectivity index (χ3v) is 6.15. The van der Waals surface area contributed by atoms with E-state index in [0.717, 1.165) is 23.4 Å². The fourth-order valence-corrected chi connectivity index (χ4v) is 4.78. The lowest BCUT2D eigenvalue weighted by Gasteiger charge is -2.43. The minimum absolute atomic E-state index is 0.0120. The van der Waals surface area contributed by atoms with Crippen molar-refractivity contribution in [1.82, 2.24) is 14.4 Å². The zero-order valence-corrected chi connectivity index (χ0v) is 18.2. The molecule has 2 amide bonds. The maximum atomic E-state index is 12.9. The van der Waals surface area contributed by atoms with E-state index in [1.165, 1.54) is 0 Å². The number of pyridine rings is 1. The Hall–Kier alpha value is -2.93. The lowest BCUT2D eigenvalue weighted by atomic mass is 9.82. The molecule has 2 bridgehead atoms. The molecule has 0 unspecified atom stereocenters. The highest BCUT2D eigenvalue weighted by Gasteiger charge is 2.36. The molecular formula is C24H30N4O3. The average Bonchev–Trinajstić information content (AvgIpc) is 2.74. The van der Waals surface area contributed by atoms with Crippen molar-refractivity contribution in [3.8, 4) is 0 Å². The Morgan fingerprint density at radius 1 is 1.03 bits per heavy atom. The van der Waals surface area contributed by atoms with Gasteiger partial charge in [-0.05, 0) is 44.6 Å². The average molecular weight is 423 g/mol. The number of likely N-dealkylation sites (tertiary alicyclic amines) is 1. The van der Waals surface area contributed by atoms with Gasteiger partial charge in [-0.25, -0.2) is 0 Å². The van der Waals surface area contributed by atoms with E-state index in [2.05, 4.69) is 11.4 Å². The molecule has 0 radical (unpaired) electrons. The lowest BCUT2D eigenvalue weighted by molar-refractivity contribution is -0.135. The number of anilines is 1. The first kappa shape index (κ1) is 21.3. The molecule has 7 heteroatoms. The second-order valence-corrected chi connectivity index (χ2v) is 8.95. The van der Waals surface area contributed by atoms with Crippen LogP contribution in [0.1, 0.15) is 36.4 Å². The topological polar surface area (TPSA) is 74.7 Å². The predicted octanol–water partition coefficient (Wildman–Crippen LogP) is 2.27. The minimum atomic E-state index is -0.151. The van der Waals surface area contributed by atoms with Crippen LogP contribution < -0.4 is 10.9 Å². The van der Waals surface area contributed by atoms with E-state index in [-0.39, 0.29) is 42.1 Å². The maximum Gasteiger partial charge on any atom is 0.255 e. The number of piperidine rings is 1. The van der Waals surface area contributed by atoms with Gasteiger partial charge in [0.15, 0.2) is 0 Å². The van der Waals surface area contributed by atoms with Crippen molar-refractivity contribution in [2.75, 3.05) is 32.5 Å². The first-order valence-corrected chi connectivity index (χ1v) is 10.9. The van der Waals surface area contributed by atoms with Gasteiger partial charge < -0.3 is 19.7 Å². The largest absolute Gasteiger partial charge is 0.342 e. The highest BCUT2D eigenvalue weighted by atomic mass is 16.2. The van der Waals surface area contributed by atoms with E-state index in [1.54, 1.807) is 0 Å². The molecule has 1 fully saturated rings. The first-order valence-electron chi connectivity index (χ1n) is 10.9. The Kier molecular flexibility index (Phi) is 6.23. The molecule has 31 heavy (non-hydrogen) atoms. The van der Waals surface area contributed by atoms with Crippen molar-refractivity contribution >= 4 is 17.5 Å². The second kappa shape index (κ2) is 9.06. The number of nitrogens with zero attached hydrogens (tertiary/aromatic N) is 3. The second-order valence-electron chi connectivity index (χ2n) is 8.95. The van der Waals surface area contributed by atoms with Crippen LogP contribution in [-0.4, -0.2) is 53.4 Å². The van der Waals surface area contributed by atoms with Crippen LogP contribution in [-0.2, 0) is 22.7 Å². The first-order chi connectivity index (χ1) is 14.9. The van der Waals surface area contributed by atoms with Crippen molar-refractivity contribution in [2.45, 2.75) is 38.3 Å². The summed E-state index contributed by atoms with van der Waals surface area (Å²) in [5.41, 5.74) is 2.68. The molecule has 1 saturated heterocycles.